The maximum absolute atomic E-state index is 10.0. The fraction of sp³-hybridized carbons (Fsp3) is 1.00. The van der Waals surface area contributed by atoms with E-state index < -0.39 is 0 Å². The summed E-state index contributed by atoms with van der Waals surface area (Å²) < 4.78 is -0.500. The largest absolute Gasteiger partial charge is 0.633 e. The Morgan fingerprint density at radius 2 is 0.600 bits per heavy atom. The Hall–Kier alpha value is -0.160. The fourth-order valence-corrected chi connectivity index (χ4v) is 0. The lowest BCUT2D eigenvalue weighted by Gasteiger charge is -2.27. The summed E-state index contributed by atoms with van der Waals surface area (Å²) in [5.41, 5.74) is 0. The van der Waals surface area contributed by atoms with Crippen molar-refractivity contribution in [3.05, 3.63) is 10.4 Å². The summed E-state index contributed by atoms with van der Waals surface area (Å²) in [7, 11) is 9.42. The lowest BCUT2D eigenvalue weighted by molar-refractivity contribution is -0.818. The van der Waals surface area contributed by atoms with Crippen LogP contribution in [-0.4, -0.2) is 51.6 Å². The van der Waals surface area contributed by atoms with Gasteiger partial charge in [-0.2, -0.15) is 0 Å². The van der Waals surface area contributed by atoms with Gasteiger partial charge in [-0.25, -0.2) is 0 Å². The summed E-state index contributed by atoms with van der Waals surface area (Å²) in [6.45, 7) is 0. The zero-order chi connectivity index (χ0) is 9.00. The van der Waals surface area contributed by atoms with E-state index in [1.54, 1.807) is 42.3 Å². The summed E-state index contributed by atoms with van der Waals surface area (Å²) in [4.78, 5) is 0. The Morgan fingerprint density at radius 3 is 0.600 bits per heavy atom. The molecule has 0 radical (unpaired) electrons. The normalized spacial score (nSPS) is 12.0. The van der Waals surface area contributed by atoms with Gasteiger partial charge < -0.3 is 19.7 Å². The number of nitrogens with zero attached hydrogens (tertiary/aromatic N) is 2. The predicted molar refractivity (Wildman–Crippen MR) is 42.8 cm³/mol. The van der Waals surface area contributed by atoms with E-state index >= 15 is 0 Å². The van der Waals surface area contributed by atoms with Crippen LogP contribution in [0.5, 0.6) is 0 Å². The van der Waals surface area contributed by atoms with E-state index in [1.165, 1.54) is 0 Å². The van der Waals surface area contributed by atoms with Crippen LogP contribution in [0.25, 0.3) is 0 Å². The van der Waals surface area contributed by atoms with Crippen LogP contribution in [0.3, 0.4) is 0 Å². The van der Waals surface area contributed by atoms with E-state index in [1.807, 2.05) is 0 Å². The minimum atomic E-state index is -0.250. The van der Waals surface area contributed by atoms with E-state index in [0.717, 1.165) is 0 Å². The molecule has 0 aromatic heterocycles. The summed E-state index contributed by atoms with van der Waals surface area (Å²) in [5.74, 6) is 0. The van der Waals surface area contributed by atoms with Crippen LogP contribution < -0.4 is 0 Å². The van der Waals surface area contributed by atoms with Gasteiger partial charge in [0.25, 0.3) is 0 Å². The molecule has 0 aromatic rings. The van der Waals surface area contributed by atoms with Crippen molar-refractivity contribution >= 4 is 0 Å². The molecular weight excluding hydrogens is 132 g/mol. The first kappa shape index (κ1) is 12.5. The molecule has 0 aliphatic rings. The number of hydroxylamine groups is 6. The van der Waals surface area contributed by atoms with E-state index in [-0.39, 0.29) is 9.29 Å². The number of rotatable bonds is 0. The Kier molecular flexibility index (Phi) is 4.85. The van der Waals surface area contributed by atoms with Crippen LogP contribution in [-0.2, 0) is 0 Å². The van der Waals surface area contributed by atoms with Crippen molar-refractivity contribution in [2.24, 2.45) is 0 Å². The molecule has 0 aromatic carbocycles. The molecule has 0 aliphatic heterocycles. The molecule has 0 saturated carbocycles. The molecule has 0 amide bonds. The summed E-state index contributed by atoms with van der Waals surface area (Å²) in [6.07, 6.45) is 0. The second-order valence-electron chi connectivity index (χ2n) is 3.78. The third-order valence-corrected chi connectivity index (χ3v) is 0. The van der Waals surface area contributed by atoms with Crippen molar-refractivity contribution in [1.82, 2.24) is 0 Å². The number of hydrogen-bond acceptors (Lipinski definition) is 2. The van der Waals surface area contributed by atoms with Crippen LogP contribution in [0.1, 0.15) is 0 Å². The quantitative estimate of drug-likeness (QED) is 0.370. The molecule has 0 fully saturated rings. The average molecular weight is 150 g/mol. The third-order valence-electron chi connectivity index (χ3n) is 0. The molecule has 4 nitrogen and oxygen atoms in total. The van der Waals surface area contributed by atoms with Gasteiger partial charge in [-0.1, -0.05) is 0 Å². The zero-order valence-corrected chi connectivity index (χ0v) is 7.71. The molecule has 0 saturated heterocycles. The summed E-state index contributed by atoms with van der Waals surface area (Å²) in [5, 5.41) is 20.1. The van der Waals surface area contributed by atoms with Gasteiger partial charge in [-0.3, -0.25) is 0 Å². The first-order valence-electron chi connectivity index (χ1n) is 3.05. The maximum atomic E-state index is 10.0. The van der Waals surface area contributed by atoms with E-state index in [0.29, 0.717) is 0 Å². The molecule has 4 heteroatoms. The lowest BCUT2D eigenvalue weighted by Crippen LogP contribution is -2.25. The van der Waals surface area contributed by atoms with Gasteiger partial charge in [-0.15, -0.1) is 0 Å². The summed E-state index contributed by atoms with van der Waals surface area (Å²) in [6, 6.07) is 0. The van der Waals surface area contributed by atoms with Crippen molar-refractivity contribution in [2.45, 2.75) is 0 Å². The van der Waals surface area contributed by atoms with Gasteiger partial charge in [-0.05, 0) is 0 Å². The minimum absolute atomic E-state index is 0.250. The molecule has 0 spiro atoms. The molecule has 0 bridgehead atoms. The van der Waals surface area contributed by atoms with Crippen molar-refractivity contribution in [3.8, 4) is 0 Å². The van der Waals surface area contributed by atoms with Gasteiger partial charge in [0.05, 0.1) is 42.3 Å². The van der Waals surface area contributed by atoms with Gasteiger partial charge in [0.1, 0.15) is 0 Å². The highest BCUT2D eigenvalue weighted by atomic mass is 16.5. The van der Waals surface area contributed by atoms with E-state index in [2.05, 4.69) is 0 Å². The standard InChI is InChI=1S/2C3H9NO/c2*1-4(2,3)5/h2*1-3H3. The first-order chi connectivity index (χ1) is 4.00. The van der Waals surface area contributed by atoms with Crippen molar-refractivity contribution in [2.75, 3.05) is 42.3 Å². The highest BCUT2D eigenvalue weighted by Gasteiger charge is 1.79. The minimum Gasteiger partial charge on any atom is -0.633 e. The van der Waals surface area contributed by atoms with Crippen molar-refractivity contribution in [1.29, 1.82) is 0 Å². The van der Waals surface area contributed by atoms with Crippen molar-refractivity contribution < 1.29 is 9.29 Å². The Bertz CT molecular complexity index is 56.7. The molecule has 0 atom stereocenters. The lowest BCUT2D eigenvalue weighted by atomic mass is 11.0. The topological polar surface area (TPSA) is 46.1 Å². The molecule has 0 rings (SSSR count). The molecule has 0 aliphatic carbocycles. The molecule has 10 heavy (non-hydrogen) atoms. The van der Waals surface area contributed by atoms with Gasteiger partial charge >= 0.3 is 0 Å². The van der Waals surface area contributed by atoms with Crippen molar-refractivity contribution in [3.63, 3.8) is 0 Å². The second-order valence-corrected chi connectivity index (χ2v) is 3.78. The molecule has 0 N–H and O–H groups in total. The van der Waals surface area contributed by atoms with E-state index in [9.17, 15) is 10.4 Å². The summed E-state index contributed by atoms with van der Waals surface area (Å²) >= 11 is 0. The van der Waals surface area contributed by atoms with Gasteiger partial charge in [0.2, 0.25) is 0 Å². The SMILES string of the molecule is C[N+](C)(C)[O-].C[N+](C)(C)[O-]. The molecule has 0 heterocycles. The predicted octanol–water partition coefficient (Wildman–Crippen LogP) is 0.381. The molecule has 0 unspecified atom stereocenters. The highest BCUT2D eigenvalue weighted by molar-refractivity contribution is 4.05. The van der Waals surface area contributed by atoms with Crippen LogP contribution in [0.4, 0.5) is 0 Å². The number of hydrogen-bond donors (Lipinski definition) is 0. The van der Waals surface area contributed by atoms with Crippen LogP contribution in [0.2, 0.25) is 0 Å². The second kappa shape index (κ2) is 3.88. The monoisotopic (exact) mass is 150 g/mol. The molecule has 64 valence electrons. The first-order valence-corrected chi connectivity index (χ1v) is 3.05. The fourth-order valence-electron chi connectivity index (χ4n) is 0. The van der Waals surface area contributed by atoms with Crippen LogP contribution in [0, 0.1) is 10.4 Å². The van der Waals surface area contributed by atoms with Crippen LogP contribution in [0.15, 0.2) is 0 Å². The third kappa shape index (κ3) is 14300. The zero-order valence-electron chi connectivity index (χ0n) is 7.71. The van der Waals surface area contributed by atoms with E-state index in [4.69, 9.17) is 0 Å². The maximum Gasteiger partial charge on any atom is 0.0674 e. The highest BCUT2D eigenvalue weighted by Crippen LogP contribution is 1.77. The van der Waals surface area contributed by atoms with Gasteiger partial charge in [0.15, 0.2) is 0 Å². The Morgan fingerprint density at radius 1 is 0.600 bits per heavy atom. The Labute approximate surface area is 63.0 Å². The van der Waals surface area contributed by atoms with Crippen LogP contribution >= 0.6 is 0 Å². The Balaban J connectivity index is 0. The average Bonchev–Trinajstić information content (AvgIpc) is 1.12. The van der Waals surface area contributed by atoms with Gasteiger partial charge in [0, 0.05) is 0 Å². The number of quaternary nitrogens is 2. The molecular formula is C6H18N2O2. The smallest absolute Gasteiger partial charge is 0.0674 e.